The van der Waals surface area contributed by atoms with Crippen molar-refractivity contribution in [2.45, 2.75) is 19.3 Å². The lowest BCUT2D eigenvalue weighted by molar-refractivity contribution is 0.508. The van der Waals surface area contributed by atoms with Gasteiger partial charge in [-0.3, -0.25) is 0 Å². The summed E-state index contributed by atoms with van der Waals surface area (Å²) in [5.74, 6) is 1.17. The van der Waals surface area contributed by atoms with E-state index in [0.29, 0.717) is 0 Å². The van der Waals surface area contributed by atoms with Crippen molar-refractivity contribution >= 4 is 0 Å². The Morgan fingerprint density at radius 2 is 2.30 bits per heavy atom. The lowest BCUT2D eigenvalue weighted by Gasteiger charge is -1.91. The molecule has 52 valence electrons. The fourth-order valence-electron chi connectivity index (χ4n) is 1.31. The maximum absolute atomic E-state index is 5.30. The van der Waals surface area contributed by atoms with Gasteiger partial charge in [-0.1, -0.05) is 12.2 Å². The monoisotopic (exact) mass is 134 g/mol. The molecule has 0 spiro atoms. The van der Waals surface area contributed by atoms with Crippen molar-refractivity contribution < 1.29 is 4.42 Å². The second-order valence-corrected chi connectivity index (χ2v) is 2.58. The largest absolute Gasteiger partial charge is 0.469 e. The molecule has 0 saturated heterocycles. The quantitative estimate of drug-likeness (QED) is 0.496. The number of hydrogen-bond donors (Lipinski definition) is 0. The van der Waals surface area contributed by atoms with E-state index in [9.17, 15) is 0 Å². The van der Waals surface area contributed by atoms with Crippen molar-refractivity contribution in [3.05, 3.63) is 35.8 Å². The molecule has 2 rings (SSSR count). The Hall–Kier alpha value is -0.980. The van der Waals surface area contributed by atoms with E-state index in [2.05, 4.69) is 18.2 Å². The fraction of sp³-hybridized carbons (Fsp3) is 0.333. The Morgan fingerprint density at radius 3 is 3.30 bits per heavy atom. The van der Waals surface area contributed by atoms with Gasteiger partial charge in [-0.05, 0) is 24.5 Å². The van der Waals surface area contributed by atoms with Crippen LogP contribution in [0.2, 0.25) is 0 Å². The zero-order valence-corrected chi connectivity index (χ0v) is 5.84. The van der Waals surface area contributed by atoms with E-state index in [0.717, 1.165) is 19.3 Å². The molecule has 1 heteroatoms. The first kappa shape index (κ1) is 5.78. The Bertz CT molecular complexity index is 245. The Kier molecular flexibility index (Phi) is 1.35. The Balaban J connectivity index is 2.37. The molecule has 1 aromatic heterocycles. The van der Waals surface area contributed by atoms with Gasteiger partial charge in [0.25, 0.3) is 0 Å². The van der Waals surface area contributed by atoms with Crippen molar-refractivity contribution in [1.82, 2.24) is 0 Å². The van der Waals surface area contributed by atoms with Gasteiger partial charge in [0, 0.05) is 6.42 Å². The normalized spacial score (nSPS) is 16.4. The lowest BCUT2D eigenvalue weighted by atomic mass is 10.2. The summed E-state index contributed by atoms with van der Waals surface area (Å²) in [5.41, 5.74) is 1.36. The van der Waals surface area contributed by atoms with Crippen LogP contribution in [0, 0.1) is 0 Å². The van der Waals surface area contributed by atoms with Crippen LogP contribution < -0.4 is 0 Å². The number of allylic oxidation sites excluding steroid dienone is 2. The predicted molar refractivity (Wildman–Crippen MR) is 39.9 cm³/mol. The van der Waals surface area contributed by atoms with Crippen LogP contribution in [0.25, 0.3) is 0 Å². The summed E-state index contributed by atoms with van der Waals surface area (Å²) < 4.78 is 5.30. The highest BCUT2D eigenvalue weighted by molar-refractivity contribution is 5.22. The summed E-state index contributed by atoms with van der Waals surface area (Å²) >= 11 is 0. The number of hydrogen-bond acceptors (Lipinski definition) is 1. The SMILES string of the molecule is C1=CCc2ccoc2CC1. The summed E-state index contributed by atoms with van der Waals surface area (Å²) in [6, 6.07) is 2.06. The highest BCUT2D eigenvalue weighted by atomic mass is 16.3. The third-order valence-corrected chi connectivity index (χ3v) is 1.88. The highest BCUT2D eigenvalue weighted by Crippen LogP contribution is 2.16. The zero-order valence-electron chi connectivity index (χ0n) is 5.84. The Labute approximate surface area is 60.4 Å². The molecule has 1 heterocycles. The molecule has 0 bridgehead atoms. The van der Waals surface area contributed by atoms with Crippen LogP contribution in [0.1, 0.15) is 17.7 Å². The van der Waals surface area contributed by atoms with Gasteiger partial charge in [-0.2, -0.15) is 0 Å². The first-order chi connectivity index (χ1) is 4.97. The van der Waals surface area contributed by atoms with Crippen LogP contribution in [-0.4, -0.2) is 0 Å². The topological polar surface area (TPSA) is 13.1 Å². The van der Waals surface area contributed by atoms with Crippen LogP contribution in [0.4, 0.5) is 0 Å². The van der Waals surface area contributed by atoms with Gasteiger partial charge in [0.05, 0.1) is 6.26 Å². The molecule has 1 aliphatic carbocycles. The molecule has 0 N–H and O–H groups in total. The predicted octanol–water partition coefficient (Wildman–Crippen LogP) is 2.32. The van der Waals surface area contributed by atoms with Crippen LogP contribution in [-0.2, 0) is 12.8 Å². The molecule has 1 aromatic rings. The van der Waals surface area contributed by atoms with Gasteiger partial charge in [-0.25, -0.2) is 0 Å². The Morgan fingerprint density at radius 1 is 1.30 bits per heavy atom. The molecule has 1 aliphatic rings. The van der Waals surface area contributed by atoms with E-state index in [-0.39, 0.29) is 0 Å². The molecule has 0 aliphatic heterocycles. The van der Waals surface area contributed by atoms with Crippen LogP contribution in [0.5, 0.6) is 0 Å². The van der Waals surface area contributed by atoms with Gasteiger partial charge in [-0.15, -0.1) is 0 Å². The van der Waals surface area contributed by atoms with Gasteiger partial charge in [0.1, 0.15) is 5.76 Å². The van der Waals surface area contributed by atoms with Crippen molar-refractivity contribution in [3.63, 3.8) is 0 Å². The van der Waals surface area contributed by atoms with Crippen LogP contribution >= 0.6 is 0 Å². The minimum absolute atomic E-state index is 1.05. The van der Waals surface area contributed by atoms with Crippen molar-refractivity contribution in [2.75, 3.05) is 0 Å². The molecule has 1 nitrogen and oxygen atoms in total. The molecule has 0 atom stereocenters. The molecule has 0 aromatic carbocycles. The van der Waals surface area contributed by atoms with E-state index in [1.165, 1.54) is 11.3 Å². The summed E-state index contributed by atoms with van der Waals surface area (Å²) in [4.78, 5) is 0. The third-order valence-electron chi connectivity index (χ3n) is 1.88. The minimum atomic E-state index is 1.05. The molecule has 0 amide bonds. The van der Waals surface area contributed by atoms with Gasteiger partial charge >= 0.3 is 0 Å². The number of rotatable bonds is 0. The standard InChI is InChI=1S/C9H10O/c1-2-4-8-6-7-10-9(8)5-3-1/h1-2,6-7H,3-5H2. The minimum Gasteiger partial charge on any atom is -0.469 e. The van der Waals surface area contributed by atoms with E-state index >= 15 is 0 Å². The first-order valence-corrected chi connectivity index (χ1v) is 3.67. The second-order valence-electron chi connectivity index (χ2n) is 2.58. The number of furan rings is 1. The fourth-order valence-corrected chi connectivity index (χ4v) is 1.31. The van der Waals surface area contributed by atoms with Gasteiger partial charge < -0.3 is 4.42 Å². The maximum Gasteiger partial charge on any atom is 0.107 e. The summed E-state index contributed by atoms with van der Waals surface area (Å²) in [7, 11) is 0. The van der Waals surface area contributed by atoms with Gasteiger partial charge in [0.15, 0.2) is 0 Å². The third kappa shape index (κ3) is 0.878. The van der Waals surface area contributed by atoms with Crippen LogP contribution in [0.3, 0.4) is 0 Å². The molecular weight excluding hydrogens is 124 g/mol. The summed E-state index contributed by atoms with van der Waals surface area (Å²) in [6.07, 6.45) is 9.45. The summed E-state index contributed by atoms with van der Waals surface area (Å²) in [6.45, 7) is 0. The van der Waals surface area contributed by atoms with Crippen molar-refractivity contribution in [3.8, 4) is 0 Å². The molecule has 0 fully saturated rings. The summed E-state index contributed by atoms with van der Waals surface area (Å²) in [5, 5.41) is 0. The highest BCUT2D eigenvalue weighted by Gasteiger charge is 2.05. The van der Waals surface area contributed by atoms with E-state index in [1.807, 2.05) is 0 Å². The average molecular weight is 134 g/mol. The molecule has 0 radical (unpaired) electrons. The molecule has 0 saturated carbocycles. The second kappa shape index (κ2) is 2.33. The molecular formula is C9H10O. The zero-order chi connectivity index (χ0) is 6.81. The smallest absolute Gasteiger partial charge is 0.107 e. The molecule has 10 heavy (non-hydrogen) atoms. The van der Waals surface area contributed by atoms with Crippen LogP contribution in [0.15, 0.2) is 28.9 Å². The number of aryl methyl sites for hydroxylation is 1. The molecule has 0 unspecified atom stereocenters. The van der Waals surface area contributed by atoms with E-state index in [1.54, 1.807) is 6.26 Å². The van der Waals surface area contributed by atoms with Gasteiger partial charge in [0.2, 0.25) is 0 Å². The van der Waals surface area contributed by atoms with Crippen molar-refractivity contribution in [1.29, 1.82) is 0 Å². The number of fused-ring (bicyclic) bond motifs is 1. The maximum atomic E-state index is 5.30. The van der Waals surface area contributed by atoms with Crippen molar-refractivity contribution in [2.24, 2.45) is 0 Å². The lowest BCUT2D eigenvalue weighted by Crippen LogP contribution is -1.82. The first-order valence-electron chi connectivity index (χ1n) is 3.67. The van der Waals surface area contributed by atoms with E-state index in [4.69, 9.17) is 4.42 Å². The average Bonchev–Trinajstić information content (AvgIpc) is 2.28. The van der Waals surface area contributed by atoms with E-state index < -0.39 is 0 Å².